The van der Waals surface area contributed by atoms with Crippen molar-refractivity contribution in [1.29, 1.82) is 0 Å². The van der Waals surface area contributed by atoms with E-state index >= 15 is 0 Å². The maximum Gasteiger partial charge on any atom is 0.417 e. The van der Waals surface area contributed by atoms with Crippen LogP contribution in [0.4, 0.5) is 13.2 Å². The van der Waals surface area contributed by atoms with Gasteiger partial charge in [-0.25, -0.2) is 0 Å². The quantitative estimate of drug-likeness (QED) is 0.276. The summed E-state index contributed by atoms with van der Waals surface area (Å²) in [4.78, 5) is 11.7. The molecule has 6 nitrogen and oxygen atoms in total. The first kappa shape index (κ1) is 27.4. The van der Waals surface area contributed by atoms with Crippen LogP contribution in [0, 0.1) is 5.92 Å². The van der Waals surface area contributed by atoms with Crippen molar-refractivity contribution in [2.24, 2.45) is 5.92 Å². The lowest BCUT2D eigenvalue weighted by Gasteiger charge is -2.20. The van der Waals surface area contributed by atoms with Gasteiger partial charge in [0.2, 0.25) is 0 Å². The van der Waals surface area contributed by atoms with Crippen molar-refractivity contribution in [3.63, 3.8) is 0 Å². The van der Waals surface area contributed by atoms with Crippen LogP contribution >= 0.6 is 0 Å². The van der Waals surface area contributed by atoms with Crippen molar-refractivity contribution in [2.75, 3.05) is 33.5 Å². The largest absolute Gasteiger partial charge is 0.493 e. The van der Waals surface area contributed by atoms with E-state index in [4.69, 9.17) is 23.7 Å². The Kier molecular flexibility index (Phi) is 7.55. The second-order valence-corrected chi connectivity index (χ2v) is 10.8. The van der Waals surface area contributed by atoms with E-state index in [-0.39, 0.29) is 23.9 Å². The van der Waals surface area contributed by atoms with E-state index in [1.165, 1.54) is 13.2 Å². The van der Waals surface area contributed by atoms with Gasteiger partial charge in [-0.1, -0.05) is 24.3 Å². The number of methoxy groups -OCH3 is 1. The molecule has 0 amide bonds. The van der Waals surface area contributed by atoms with Gasteiger partial charge in [-0.3, -0.25) is 4.79 Å². The van der Waals surface area contributed by atoms with E-state index in [0.29, 0.717) is 67.0 Å². The zero-order valence-corrected chi connectivity index (χ0v) is 22.7. The minimum atomic E-state index is -4.50. The highest BCUT2D eigenvalue weighted by molar-refractivity contribution is 5.75. The van der Waals surface area contributed by atoms with E-state index in [0.717, 1.165) is 30.2 Å². The van der Waals surface area contributed by atoms with Crippen molar-refractivity contribution in [3.05, 3.63) is 76.9 Å². The molecule has 0 bridgehead atoms. The summed E-state index contributed by atoms with van der Waals surface area (Å²) in [5, 5.41) is 0. The van der Waals surface area contributed by atoms with Crippen LogP contribution in [-0.4, -0.2) is 39.5 Å². The predicted molar refractivity (Wildman–Crippen MR) is 144 cm³/mol. The minimum absolute atomic E-state index is 0.0874. The Balaban J connectivity index is 1.23. The summed E-state index contributed by atoms with van der Waals surface area (Å²) < 4.78 is 70.6. The monoisotopic (exact) mass is 568 g/mol. The highest BCUT2D eigenvalue weighted by Gasteiger charge is 2.38. The van der Waals surface area contributed by atoms with Crippen LogP contribution in [0.5, 0.6) is 17.2 Å². The zero-order valence-electron chi connectivity index (χ0n) is 22.7. The van der Waals surface area contributed by atoms with Crippen molar-refractivity contribution < 1.29 is 41.7 Å². The molecule has 216 valence electrons. The number of benzene rings is 3. The first-order chi connectivity index (χ1) is 19.8. The van der Waals surface area contributed by atoms with E-state index < -0.39 is 17.8 Å². The smallest absolute Gasteiger partial charge is 0.417 e. The number of alkyl halides is 3. The van der Waals surface area contributed by atoms with Gasteiger partial charge in [-0.15, -0.1) is 0 Å². The number of hydrogen-bond acceptors (Lipinski definition) is 6. The van der Waals surface area contributed by atoms with Crippen LogP contribution in [0.3, 0.4) is 0 Å². The SMILES string of the molecule is COC(=O)C[C@@H]1COc2cc(O[C@@H]3CCc4c3ccc(C(F)(F)F)c4-c3ccc(OC[C@@H]4CCOC4)cc3)ccc21. The van der Waals surface area contributed by atoms with Crippen molar-refractivity contribution in [1.82, 2.24) is 0 Å². The summed E-state index contributed by atoms with van der Waals surface area (Å²) in [5.74, 6) is 1.77. The highest BCUT2D eigenvalue weighted by atomic mass is 19.4. The van der Waals surface area contributed by atoms with Crippen LogP contribution < -0.4 is 14.2 Å². The summed E-state index contributed by atoms with van der Waals surface area (Å²) in [6, 6.07) is 15.0. The summed E-state index contributed by atoms with van der Waals surface area (Å²) in [7, 11) is 1.36. The molecule has 9 heteroatoms. The molecule has 0 aromatic heterocycles. The molecule has 2 heterocycles. The molecule has 3 aromatic carbocycles. The molecule has 0 N–H and O–H groups in total. The Bertz CT molecular complexity index is 1410. The lowest BCUT2D eigenvalue weighted by molar-refractivity contribution is -0.141. The topological polar surface area (TPSA) is 63.2 Å². The Morgan fingerprint density at radius 1 is 0.976 bits per heavy atom. The number of esters is 1. The van der Waals surface area contributed by atoms with Gasteiger partial charge < -0.3 is 23.7 Å². The molecule has 0 radical (unpaired) electrons. The molecular weight excluding hydrogens is 537 g/mol. The van der Waals surface area contributed by atoms with Gasteiger partial charge in [0.1, 0.15) is 23.4 Å². The molecule has 41 heavy (non-hydrogen) atoms. The maximum absolute atomic E-state index is 14.2. The maximum atomic E-state index is 14.2. The van der Waals surface area contributed by atoms with Gasteiger partial charge in [0.05, 0.1) is 38.9 Å². The first-order valence-electron chi connectivity index (χ1n) is 13.8. The third-order valence-corrected chi connectivity index (χ3v) is 8.09. The summed E-state index contributed by atoms with van der Waals surface area (Å²) in [6.45, 7) is 2.30. The Hall–Kier alpha value is -3.72. The van der Waals surface area contributed by atoms with Crippen LogP contribution in [0.1, 0.15) is 53.5 Å². The fourth-order valence-electron chi connectivity index (χ4n) is 5.95. The number of halogens is 3. The molecular formula is C32H31F3O6. The lowest BCUT2D eigenvalue weighted by atomic mass is 9.91. The average Bonchev–Trinajstić information content (AvgIpc) is 3.72. The Labute approximate surface area is 236 Å². The minimum Gasteiger partial charge on any atom is -0.493 e. The van der Waals surface area contributed by atoms with Gasteiger partial charge >= 0.3 is 12.1 Å². The van der Waals surface area contributed by atoms with E-state index in [1.807, 2.05) is 12.1 Å². The standard InChI is InChI=1S/C32H31F3O6/c1-37-30(36)14-21-18-40-29-15-23(6-7-24(21)29)41-28-11-9-26-25(28)8-10-27(32(33,34)35)31(26)20-2-4-22(5-3-20)39-17-19-12-13-38-16-19/h2-8,10,15,19,21,28H,9,11-14,16-18H2,1H3/t19-,21-,28-/m1/s1. The molecule has 0 saturated carbocycles. The summed E-state index contributed by atoms with van der Waals surface area (Å²) >= 11 is 0. The van der Waals surface area contributed by atoms with Crippen LogP contribution in [0.25, 0.3) is 11.1 Å². The molecule has 1 saturated heterocycles. The number of fused-ring (bicyclic) bond motifs is 2. The van der Waals surface area contributed by atoms with Crippen molar-refractivity contribution in [2.45, 2.75) is 43.9 Å². The zero-order chi connectivity index (χ0) is 28.6. The number of carbonyl (C=O) groups excluding carboxylic acids is 1. The van der Waals surface area contributed by atoms with Crippen molar-refractivity contribution >= 4 is 5.97 Å². The fraction of sp³-hybridized carbons (Fsp3) is 0.406. The third-order valence-electron chi connectivity index (χ3n) is 8.09. The molecule has 3 aliphatic rings. The molecule has 1 fully saturated rings. The number of ether oxygens (including phenoxy) is 5. The number of carbonyl (C=O) groups is 1. The second kappa shape index (κ2) is 11.3. The first-order valence-corrected chi connectivity index (χ1v) is 13.8. The summed E-state index contributed by atoms with van der Waals surface area (Å²) in [5.41, 5.74) is 2.34. The third kappa shape index (κ3) is 5.73. The normalized spacial score (nSPS) is 21.2. The van der Waals surface area contributed by atoms with E-state index in [1.54, 1.807) is 30.3 Å². The predicted octanol–water partition coefficient (Wildman–Crippen LogP) is 6.89. The second-order valence-electron chi connectivity index (χ2n) is 10.8. The fourth-order valence-corrected chi connectivity index (χ4v) is 5.95. The Morgan fingerprint density at radius 3 is 2.49 bits per heavy atom. The van der Waals surface area contributed by atoms with Gasteiger partial charge in [0.25, 0.3) is 0 Å². The van der Waals surface area contributed by atoms with E-state index in [9.17, 15) is 18.0 Å². The van der Waals surface area contributed by atoms with Crippen LogP contribution in [0.15, 0.2) is 54.6 Å². The van der Waals surface area contributed by atoms with E-state index in [2.05, 4.69) is 0 Å². The number of rotatable bonds is 8. The van der Waals surface area contributed by atoms with Gasteiger partial charge in [-0.05, 0) is 65.8 Å². The molecule has 3 aromatic rings. The van der Waals surface area contributed by atoms with Crippen LogP contribution in [0.2, 0.25) is 0 Å². The molecule has 2 aliphatic heterocycles. The van der Waals surface area contributed by atoms with Crippen molar-refractivity contribution in [3.8, 4) is 28.4 Å². The summed E-state index contributed by atoms with van der Waals surface area (Å²) in [6.07, 6.45) is -2.71. The highest BCUT2D eigenvalue weighted by Crippen LogP contribution is 2.47. The van der Waals surface area contributed by atoms with Gasteiger partial charge in [-0.2, -0.15) is 13.2 Å². The molecule has 1 aliphatic carbocycles. The van der Waals surface area contributed by atoms with Crippen LogP contribution in [-0.2, 0) is 26.9 Å². The Morgan fingerprint density at radius 2 is 1.76 bits per heavy atom. The molecule has 3 atom stereocenters. The molecule has 0 unspecified atom stereocenters. The molecule has 6 rings (SSSR count). The van der Waals surface area contributed by atoms with Gasteiger partial charge in [0.15, 0.2) is 0 Å². The lowest BCUT2D eigenvalue weighted by Crippen LogP contribution is -2.12. The van der Waals surface area contributed by atoms with Gasteiger partial charge in [0, 0.05) is 30.1 Å². The molecule has 0 spiro atoms. The number of hydrogen-bond donors (Lipinski definition) is 0. The average molecular weight is 569 g/mol.